The topological polar surface area (TPSA) is 64.3 Å². The number of carbonyl (C=O) groups is 1. The molecule has 1 aromatic rings. The number of rotatable bonds is 9. The normalized spacial score (nSPS) is 11.9. The van der Waals surface area contributed by atoms with Crippen LogP contribution in [0, 0.1) is 5.92 Å². The molecule has 1 amide bonds. The number of carbonyl (C=O) groups excluding carboxylic acids is 1. The van der Waals surface area contributed by atoms with Gasteiger partial charge in [0.25, 0.3) is 0 Å². The number of nitrogens with two attached hydrogens (primary N) is 1. The molecular formula is C16H26N2O2. The highest BCUT2D eigenvalue weighted by Gasteiger charge is 2.15. The summed E-state index contributed by atoms with van der Waals surface area (Å²) >= 11 is 0. The van der Waals surface area contributed by atoms with E-state index >= 15 is 0 Å². The molecule has 0 bridgehead atoms. The highest BCUT2D eigenvalue weighted by molar-refractivity contribution is 5.92. The van der Waals surface area contributed by atoms with Gasteiger partial charge in [-0.05, 0) is 25.0 Å². The second-order valence-electron chi connectivity index (χ2n) is 4.90. The zero-order valence-electron chi connectivity index (χ0n) is 12.5. The van der Waals surface area contributed by atoms with Crippen LogP contribution in [0.3, 0.4) is 0 Å². The molecule has 0 fully saturated rings. The molecule has 0 radical (unpaired) electrons. The van der Waals surface area contributed by atoms with Crippen LogP contribution in [0.15, 0.2) is 24.3 Å². The molecule has 112 valence electrons. The predicted octanol–water partition coefficient (Wildman–Crippen LogP) is 3.18. The molecule has 1 unspecified atom stereocenters. The van der Waals surface area contributed by atoms with Crippen molar-refractivity contribution in [3.8, 4) is 5.75 Å². The number of hydrogen-bond acceptors (Lipinski definition) is 3. The van der Waals surface area contributed by atoms with Crippen LogP contribution in [0.25, 0.3) is 0 Å². The minimum Gasteiger partial charge on any atom is -0.492 e. The van der Waals surface area contributed by atoms with E-state index in [1.807, 2.05) is 24.3 Å². The smallest absolute Gasteiger partial charge is 0.227 e. The Labute approximate surface area is 121 Å². The Morgan fingerprint density at radius 3 is 2.85 bits per heavy atom. The molecule has 1 aromatic carbocycles. The van der Waals surface area contributed by atoms with Gasteiger partial charge in [0.15, 0.2) is 0 Å². The number of hydrogen-bond donors (Lipinski definition) is 2. The third kappa shape index (κ3) is 5.61. The van der Waals surface area contributed by atoms with Gasteiger partial charge in [-0.25, -0.2) is 0 Å². The van der Waals surface area contributed by atoms with Gasteiger partial charge in [0.05, 0.1) is 0 Å². The minimum absolute atomic E-state index is 0.0866. The van der Waals surface area contributed by atoms with Gasteiger partial charge < -0.3 is 15.8 Å². The highest BCUT2D eigenvalue weighted by atomic mass is 16.5. The fourth-order valence-electron chi connectivity index (χ4n) is 2.06. The fraction of sp³-hybridized carbons (Fsp3) is 0.562. The van der Waals surface area contributed by atoms with Crippen LogP contribution < -0.4 is 15.8 Å². The van der Waals surface area contributed by atoms with Crippen LogP contribution in [0.2, 0.25) is 0 Å². The lowest BCUT2D eigenvalue weighted by Crippen LogP contribution is -2.22. The van der Waals surface area contributed by atoms with E-state index in [1.165, 1.54) is 0 Å². The van der Waals surface area contributed by atoms with Crippen LogP contribution in [-0.4, -0.2) is 19.1 Å². The minimum atomic E-state index is 0.0866. The Morgan fingerprint density at radius 2 is 2.20 bits per heavy atom. The number of anilines is 1. The lowest BCUT2D eigenvalue weighted by atomic mass is 9.98. The number of amides is 1. The van der Waals surface area contributed by atoms with E-state index in [4.69, 9.17) is 10.5 Å². The molecule has 0 aliphatic carbocycles. The molecule has 0 aliphatic heterocycles. The lowest BCUT2D eigenvalue weighted by Gasteiger charge is -2.15. The molecule has 0 aliphatic rings. The van der Waals surface area contributed by atoms with Crippen molar-refractivity contribution >= 4 is 11.6 Å². The number of benzene rings is 1. The Hall–Kier alpha value is -1.55. The molecule has 4 heteroatoms. The van der Waals surface area contributed by atoms with Crippen LogP contribution >= 0.6 is 0 Å². The van der Waals surface area contributed by atoms with Gasteiger partial charge in [0, 0.05) is 24.2 Å². The first-order chi connectivity index (χ1) is 9.71. The van der Waals surface area contributed by atoms with E-state index in [0.717, 1.165) is 37.1 Å². The van der Waals surface area contributed by atoms with Gasteiger partial charge in [-0.2, -0.15) is 0 Å². The highest BCUT2D eigenvalue weighted by Crippen LogP contribution is 2.20. The van der Waals surface area contributed by atoms with Crippen molar-refractivity contribution in [2.75, 3.05) is 18.5 Å². The Morgan fingerprint density at radius 1 is 1.40 bits per heavy atom. The maximum atomic E-state index is 12.2. The van der Waals surface area contributed by atoms with Crippen molar-refractivity contribution in [3.63, 3.8) is 0 Å². The maximum absolute atomic E-state index is 12.2. The predicted molar refractivity (Wildman–Crippen MR) is 82.9 cm³/mol. The van der Waals surface area contributed by atoms with E-state index in [-0.39, 0.29) is 11.8 Å². The first kappa shape index (κ1) is 16.5. The lowest BCUT2D eigenvalue weighted by molar-refractivity contribution is -0.120. The summed E-state index contributed by atoms with van der Waals surface area (Å²) in [6, 6.07) is 7.44. The van der Waals surface area contributed by atoms with E-state index in [9.17, 15) is 4.79 Å². The van der Waals surface area contributed by atoms with Crippen molar-refractivity contribution in [1.29, 1.82) is 0 Å². The van der Waals surface area contributed by atoms with E-state index in [2.05, 4.69) is 19.2 Å². The molecule has 0 saturated heterocycles. The van der Waals surface area contributed by atoms with E-state index < -0.39 is 0 Å². The van der Waals surface area contributed by atoms with Gasteiger partial charge in [0.2, 0.25) is 5.91 Å². The molecule has 1 atom stereocenters. The first-order valence-electron chi connectivity index (χ1n) is 7.45. The third-order valence-corrected chi connectivity index (χ3v) is 3.26. The summed E-state index contributed by atoms with van der Waals surface area (Å²) in [5.74, 6) is 0.912. The molecule has 0 saturated carbocycles. The van der Waals surface area contributed by atoms with E-state index in [1.54, 1.807) is 0 Å². The van der Waals surface area contributed by atoms with Crippen LogP contribution in [-0.2, 0) is 4.79 Å². The zero-order valence-corrected chi connectivity index (χ0v) is 12.5. The van der Waals surface area contributed by atoms with Crippen molar-refractivity contribution < 1.29 is 9.53 Å². The Bertz CT molecular complexity index is 407. The van der Waals surface area contributed by atoms with Gasteiger partial charge in [-0.1, -0.05) is 32.8 Å². The summed E-state index contributed by atoms with van der Waals surface area (Å²) in [5.41, 5.74) is 6.18. The Balaban J connectivity index is 2.59. The Kier molecular flexibility index (Phi) is 7.73. The summed E-state index contributed by atoms with van der Waals surface area (Å²) < 4.78 is 5.45. The summed E-state index contributed by atoms with van der Waals surface area (Å²) in [6.07, 6.45) is 4.02. The maximum Gasteiger partial charge on any atom is 0.227 e. The molecule has 3 N–H and O–H groups in total. The van der Waals surface area contributed by atoms with Gasteiger partial charge in [-0.3, -0.25) is 4.79 Å². The molecule has 0 heterocycles. The number of nitrogens with one attached hydrogen (secondary N) is 1. The first-order valence-corrected chi connectivity index (χ1v) is 7.45. The zero-order chi connectivity index (χ0) is 14.8. The van der Waals surface area contributed by atoms with Crippen LogP contribution in [0.1, 0.15) is 39.5 Å². The summed E-state index contributed by atoms with van der Waals surface area (Å²) in [7, 11) is 0. The number of unbranched alkanes of at least 4 members (excludes halogenated alkanes) is 1. The second kappa shape index (κ2) is 9.37. The average Bonchev–Trinajstić information content (AvgIpc) is 2.46. The van der Waals surface area contributed by atoms with Crippen molar-refractivity contribution in [2.24, 2.45) is 11.7 Å². The van der Waals surface area contributed by atoms with Crippen LogP contribution in [0.5, 0.6) is 5.75 Å². The second-order valence-corrected chi connectivity index (χ2v) is 4.90. The molecule has 4 nitrogen and oxygen atoms in total. The SMILES string of the molecule is CCCCC(CC)C(=O)Nc1cccc(OCCN)c1. The molecular weight excluding hydrogens is 252 g/mol. The summed E-state index contributed by atoms with van der Waals surface area (Å²) in [5, 5.41) is 2.97. The fourth-order valence-corrected chi connectivity index (χ4v) is 2.06. The van der Waals surface area contributed by atoms with Crippen molar-refractivity contribution in [2.45, 2.75) is 39.5 Å². The van der Waals surface area contributed by atoms with Gasteiger partial charge in [-0.15, -0.1) is 0 Å². The molecule has 20 heavy (non-hydrogen) atoms. The van der Waals surface area contributed by atoms with Crippen molar-refractivity contribution in [3.05, 3.63) is 24.3 Å². The molecule has 1 rings (SSSR count). The largest absolute Gasteiger partial charge is 0.492 e. The molecule has 0 spiro atoms. The summed E-state index contributed by atoms with van der Waals surface area (Å²) in [6.45, 7) is 5.15. The van der Waals surface area contributed by atoms with Crippen LogP contribution in [0.4, 0.5) is 5.69 Å². The average molecular weight is 278 g/mol. The quantitative estimate of drug-likeness (QED) is 0.729. The third-order valence-electron chi connectivity index (χ3n) is 3.26. The number of ether oxygens (including phenoxy) is 1. The van der Waals surface area contributed by atoms with E-state index in [0.29, 0.717) is 13.2 Å². The van der Waals surface area contributed by atoms with Gasteiger partial charge >= 0.3 is 0 Å². The van der Waals surface area contributed by atoms with Gasteiger partial charge in [0.1, 0.15) is 12.4 Å². The van der Waals surface area contributed by atoms with Crippen molar-refractivity contribution in [1.82, 2.24) is 0 Å². The monoisotopic (exact) mass is 278 g/mol. The standard InChI is InChI=1S/C16H26N2O2/c1-3-5-7-13(4-2)16(19)18-14-8-6-9-15(12-14)20-11-10-17/h6,8-9,12-13H,3-5,7,10-11,17H2,1-2H3,(H,18,19). The molecule has 0 aromatic heterocycles. The summed E-state index contributed by atoms with van der Waals surface area (Å²) in [4.78, 5) is 12.2.